The molecule has 4 atom stereocenters. The van der Waals surface area contributed by atoms with Crippen molar-refractivity contribution >= 4 is 17.8 Å². The van der Waals surface area contributed by atoms with Gasteiger partial charge in [-0.2, -0.15) is 0 Å². The summed E-state index contributed by atoms with van der Waals surface area (Å²) in [5, 5.41) is 30.5. The molecular formula is C22H28O7. The second-order valence-electron chi connectivity index (χ2n) is 7.14. The second kappa shape index (κ2) is 10.2. The maximum absolute atomic E-state index is 12.7. The monoisotopic (exact) mass is 404 g/mol. The van der Waals surface area contributed by atoms with Gasteiger partial charge in [0.05, 0.1) is 12.7 Å². The number of ether oxygens (including phenoxy) is 2. The lowest BCUT2D eigenvalue weighted by molar-refractivity contribution is -0.127. The van der Waals surface area contributed by atoms with E-state index in [1.54, 1.807) is 19.9 Å². The fraction of sp³-hybridized carbons (Fsp3) is 0.455. The Morgan fingerprint density at radius 1 is 1.17 bits per heavy atom. The molecule has 0 radical (unpaired) electrons. The number of fused-ring (bicyclic) bond motifs is 1. The minimum atomic E-state index is -1.56. The van der Waals surface area contributed by atoms with Gasteiger partial charge in [0.15, 0.2) is 5.78 Å². The first-order valence-electron chi connectivity index (χ1n) is 9.70. The third kappa shape index (κ3) is 5.92. The SMILES string of the molecule is CCCOc1cc(O)c2c(c1)/C=C/CC(O)C(O)C(=O)/C=C\[C@@H](C)C(C)OC2=O. The van der Waals surface area contributed by atoms with Crippen molar-refractivity contribution in [2.24, 2.45) is 5.92 Å². The number of benzene rings is 1. The zero-order valence-electron chi connectivity index (χ0n) is 16.9. The van der Waals surface area contributed by atoms with Crippen molar-refractivity contribution in [2.45, 2.75) is 51.9 Å². The molecule has 2 rings (SSSR count). The van der Waals surface area contributed by atoms with Crippen LogP contribution in [0.25, 0.3) is 6.08 Å². The predicted molar refractivity (Wildman–Crippen MR) is 108 cm³/mol. The number of phenols is 1. The number of carbonyl (C=O) groups is 2. The highest BCUT2D eigenvalue weighted by Gasteiger charge is 2.25. The topological polar surface area (TPSA) is 113 Å². The summed E-state index contributed by atoms with van der Waals surface area (Å²) in [5.74, 6) is -1.55. The first kappa shape index (κ1) is 22.6. The molecule has 3 N–H and O–H groups in total. The van der Waals surface area contributed by atoms with Crippen LogP contribution in [0.3, 0.4) is 0 Å². The number of carbonyl (C=O) groups excluding carboxylic acids is 2. The van der Waals surface area contributed by atoms with Crippen LogP contribution in [0.1, 0.15) is 49.5 Å². The van der Waals surface area contributed by atoms with Gasteiger partial charge in [-0.3, -0.25) is 4.79 Å². The van der Waals surface area contributed by atoms with Crippen molar-refractivity contribution in [1.82, 2.24) is 0 Å². The molecule has 1 aliphatic heterocycles. The number of aromatic hydroxyl groups is 1. The fourth-order valence-corrected chi connectivity index (χ4v) is 2.77. The van der Waals surface area contributed by atoms with Crippen LogP contribution in [0.5, 0.6) is 11.5 Å². The number of ketones is 1. The van der Waals surface area contributed by atoms with E-state index in [4.69, 9.17) is 9.47 Å². The highest BCUT2D eigenvalue weighted by molar-refractivity contribution is 5.97. The molecule has 0 fully saturated rings. The van der Waals surface area contributed by atoms with Gasteiger partial charge >= 0.3 is 5.97 Å². The van der Waals surface area contributed by atoms with Gasteiger partial charge in [0.25, 0.3) is 0 Å². The lowest BCUT2D eigenvalue weighted by atomic mass is 9.99. The van der Waals surface area contributed by atoms with Crippen molar-refractivity contribution in [1.29, 1.82) is 0 Å². The van der Waals surface area contributed by atoms with Crippen molar-refractivity contribution in [3.63, 3.8) is 0 Å². The average molecular weight is 404 g/mol. The predicted octanol–water partition coefficient (Wildman–Crippen LogP) is 2.63. The highest BCUT2D eigenvalue weighted by atomic mass is 16.5. The Morgan fingerprint density at radius 3 is 2.59 bits per heavy atom. The first-order valence-corrected chi connectivity index (χ1v) is 9.70. The zero-order valence-corrected chi connectivity index (χ0v) is 16.9. The molecular weight excluding hydrogens is 376 g/mol. The van der Waals surface area contributed by atoms with E-state index >= 15 is 0 Å². The highest BCUT2D eigenvalue weighted by Crippen LogP contribution is 2.31. The van der Waals surface area contributed by atoms with Gasteiger partial charge in [0.1, 0.15) is 29.3 Å². The first-order chi connectivity index (χ1) is 13.7. The van der Waals surface area contributed by atoms with E-state index in [1.807, 2.05) is 6.92 Å². The van der Waals surface area contributed by atoms with Gasteiger partial charge in [0, 0.05) is 12.0 Å². The molecule has 1 heterocycles. The molecule has 7 heteroatoms. The van der Waals surface area contributed by atoms with Gasteiger partial charge in [-0.05, 0) is 37.5 Å². The number of cyclic esters (lactones) is 1. The van der Waals surface area contributed by atoms with Crippen molar-refractivity contribution in [3.05, 3.63) is 41.5 Å². The molecule has 158 valence electrons. The Bertz CT molecular complexity index is 797. The van der Waals surface area contributed by atoms with Crippen LogP contribution in [-0.2, 0) is 9.53 Å². The van der Waals surface area contributed by atoms with Crippen LogP contribution in [0, 0.1) is 5.92 Å². The molecule has 0 aromatic heterocycles. The quantitative estimate of drug-likeness (QED) is 0.664. The Balaban J connectivity index is 2.47. The average Bonchev–Trinajstić information content (AvgIpc) is 2.68. The number of rotatable bonds is 3. The van der Waals surface area contributed by atoms with Crippen LogP contribution < -0.4 is 4.74 Å². The van der Waals surface area contributed by atoms with E-state index in [1.165, 1.54) is 30.4 Å². The second-order valence-corrected chi connectivity index (χ2v) is 7.14. The third-order valence-corrected chi connectivity index (χ3v) is 4.73. The van der Waals surface area contributed by atoms with Gasteiger partial charge in [0.2, 0.25) is 0 Å². The normalized spacial score (nSPS) is 28.0. The summed E-state index contributed by atoms with van der Waals surface area (Å²) in [6.07, 6.45) is 3.02. The third-order valence-electron chi connectivity index (χ3n) is 4.73. The summed E-state index contributed by atoms with van der Waals surface area (Å²) >= 11 is 0. The van der Waals surface area contributed by atoms with Crippen LogP contribution in [0.15, 0.2) is 30.4 Å². The van der Waals surface area contributed by atoms with Crippen LogP contribution in [0.4, 0.5) is 0 Å². The summed E-state index contributed by atoms with van der Waals surface area (Å²) in [4.78, 5) is 24.7. The zero-order chi connectivity index (χ0) is 21.6. The standard InChI is InChI=1S/C22H28O7/c1-4-10-28-16-11-15-6-5-7-17(23)21(26)18(24)9-8-13(2)14(3)29-22(27)20(15)19(25)12-16/h5-6,8-9,11-14,17,21,23,25-26H,4,7,10H2,1-3H3/b6-5+,9-8-/t13-,14?,17?,21?/m1/s1. The van der Waals surface area contributed by atoms with Crippen LogP contribution >= 0.6 is 0 Å². The minimum absolute atomic E-state index is 0.0173. The van der Waals surface area contributed by atoms with Gasteiger partial charge in [-0.15, -0.1) is 0 Å². The van der Waals surface area contributed by atoms with Gasteiger partial charge in [-0.1, -0.05) is 32.1 Å². The Kier molecular flexibility index (Phi) is 7.99. The number of aliphatic hydroxyl groups is 2. The molecule has 29 heavy (non-hydrogen) atoms. The summed E-state index contributed by atoms with van der Waals surface area (Å²) in [7, 11) is 0. The summed E-state index contributed by atoms with van der Waals surface area (Å²) in [6.45, 7) is 5.81. The number of hydrogen-bond donors (Lipinski definition) is 3. The Hall–Kier alpha value is -2.64. The maximum Gasteiger partial charge on any atom is 0.342 e. The fourth-order valence-electron chi connectivity index (χ4n) is 2.77. The molecule has 0 aliphatic carbocycles. The van der Waals surface area contributed by atoms with E-state index in [0.29, 0.717) is 17.9 Å². The van der Waals surface area contributed by atoms with E-state index in [9.17, 15) is 24.9 Å². The van der Waals surface area contributed by atoms with E-state index in [2.05, 4.69) is 0 Å². The molecule has 1 aromatic carbocycles. The maximum atomic E-state index is 12.7. The number of hydrogen-bond acceptors (Lipinski definition) is 7. The molecule has 0 bridgehead atoms. The van der Waals surface area contributed by atoms with Crippen molar-refractivity contribution in [3.8, 4) is 11.5 Å². The molecule has 0 saturated heterocycles. The molecule has 0 amide bonds. The Labute approximate surface area is 170 Å². The molecule has 0 saturated carbocycles. The summed E-state index contributed by atoms with van der Waals surface area (Å²) in [5.41, 5.74) is 0.331. The molecule has 3 unspecified atom stereocenters. The molecule has 7 nitrogen and oxygen atoms in total. The largest absolute Gasteiger partial charge is 0.507 e. The molecule has 0 spiro atoms. The van der Waals surface area contributed by atoms with Crippen molar-refractivity contribution in [2.75, 3.05) is 6.61 Å². The summed E-state index contributed by atoms with van der Waals surface area (Å²) < 4.78 is 11.0. The summed E-state index contributed by atoms with van der Waals surface area (Å²) in [6, 6.07) is 2.95. The number of phenolic OH excluding ortho intramolecular Hbond substituents is 1. The number of esters is 1. The molecule has 1 aromatic rings. The smallest absolute Gasteiger partial charge is 0.342 e. The van der Waals surface area contributed by atoms with Crippen molar-refractivity contribution < 1.29 is 34.4 Å². The van der Waals surface area contributed by atoms with E-state index in [-0.39, 0.29) is 23.7 Å². The lowest BCUT2D eigenvalue weighted by Crippen LogP contribution is -2.32. The van der Waals surface area contributed by atoms with E-state index < -0.39 is 30.1 Å². The molecule has 1 aliphatic rings. The Morgan fingerprint density at radius 2 is 1.90 bits per heavy atom. The lowest BCUT2D eigenvalue weighted by Gasteiger charge is -2.20. The van der Waals surface area contributed by atoms with E-state index in [0.717, 1.165) is 6.42 Å². The van der Waals surface area contributed by atoms with Crippen LogP contribution in [0.2, 0.25) is 0 Å². The number of aliphatic hydroxyl groups excluding tert-OH is 2. The minimum Gasteiger partial charge on any atom is -0.507 e. The van der Waals surface area contributed by atoms with Gasteiger partial charge < -0.3 is 24.8 Å². The van der Waals surface area contributed by atoms with Gasteiger partial charge in [-0.25, -0.2) is 4.79 Å². The van der Waals surface area contributed by atoms with Crippen LogP contribution in [-0.4, -0.2) is 52.0 Å².